The monoisotopic (exact) mass is 216 g/mol. The maximum Gasteiger partial charge on any atom is 0.0584 e. The van der Waals surface area contributed by atoms with Crippen LogP contribution in [-0.4, -0.2) is 24.8 Å². The van der Waals surface area contributed by atoms with E-state index >= 15 is 0 Å². The fourth-order valence-electron chi connectivity index (χ4n) is 1.19. The van der Waals surface area contributed by atoms with Crippen LogP contribution in [-0.2, 0) is 4.74 Å². The summed E-state index contributed by atoms with van der Waals surface area (Å²) in [5, 5.41) is 0. The van der Waals surface area contributed by atoms with Crippen LogP contribution in [0.25, 0.3) is 0 Å². The Bertz CT molecular complexity index is 171. The Morgan fingerprint density at radius 3 is 2.20 bits per heavy atom. The lowest BCUT2D eigenvalue weighted by Crippen LogP contribution is -2.44. The van der Waals surface area contributed by atoms with E-state index < -0.39 is 0 Å². The van der Waals surface area contributed by atoms with Crippen LogP contribution in [0.5, 0.6) is 0 Å². The maximum atomic E-state index is 6.15. The Hall–Kier alpha value is -0.120. The second-order valence-corrected chi connectivity index (χ2v) is 5.01. The molecule has 0 aliphatic heterocycles. The molecule has 0 bridgehead atoms. The van der Waals surface area contributed by atoms with E-state index in [0.717, 1.165) is 6.42 Å². The molecule has 3 nitrogen and oxygen atoms in total. The van der Waals surface area contributed by atoms with Gasteiger partial charge in [-0.05, 0) is 38.6 Å². The zero-order valence-corrected chi connectivity index (χ0v) is 10.9. The molecular formula is C12H28N2O. The molecule has 3 heteroatoms. The Morgan fingerprint density at radius 2 is 1.80 bits per heavy atom. The molecule has 0 aliphatic rings. The van der Waals surface area contributed by atoms with Gasteiger partial charge < -0.3 is 16.2 Å². The molecule has 0 aromatic carbocycles. The van der Waals surface area contributed by atoms with Gasteiger partial charge in [-0.15, -0.1) is 0 Å². The quantitative estimate of drug-likeness (QED) is 0.681. The maximum absolute atomic E-state index is 6.15. The second-order valence-electron chi connectivity index (χ2n) is 5.01. The highest BCUT2D eigenvalue weighted by Gasteiger charge is 2.25. The Labute approximate surface area is 94.5 Å². The van der Waals surface area contributed by atoms with Crippen molar-refractivity contribution in [3.05, 3.63) is 0 Å². The van der Waals surface area contributed by atoms with Crippen LogP contribution in [0.15, 0.2) is 0 Å². The van der Waals surface area contributed by atoms with Crippen molar-refractivity contribution in [3.8, 4) is 0 Å². The van der Waals surface area contributed by atoms with Gasteiger partial charge in [0.15, 0.2) is 0 Å². The number of hydrogen-bond acceptors (Lipinski definition) is 3. The van der Waals surface area contributed by atoms with Crippen LogP contribution in [0, 0.1) is 11.8 Å². The molecule has 4 N–H and O–H groups in total. The normalized spacial score (nSPS) is 21.8. The lowest BCUT2D eigenvalue weighted by Gasteiger charge is -2.32. The first-order valence-electron chi connectivity index (χ1n) is 5.95. The second kappa shape index (κ2) is 6.46. The van der Waals surface area contributed by atoms with Crippen LogP contribution < -0.4 is 11.5 Å². The third kappa shape index (κ3) is 4.96. The molecule has 0 fully saturated rings. The van der Waals surface area contributed by atoms with Crippen LogP contribution in [0.4, 0.5) is 0 Å². The molecule has 15 heavy (non-hydrogen) atoms. The number of rotatable bonds is 7. The third-order valence-corrected chi connectivity index (χ3v) is 3.67. The molecule has 0 aromatic heterocycles. The average molecular weight is 216 g/mol. The third-order valence-electron chi connectivity index (χ3n) is 3.67. The molecule has 0 saturated carbocycles. The van der Waals surface area contributed by atoms with Crippen LogP contribution in [0.3, 0.4) is 0 Å². The highest BCUT2D eigenvalue weighted by atomic mass is 16.5. The fraction of sp³-hybridized carbons (Fsp3) is 1.00. The summed E-state index contributed by atoms with van der Waals surface area (Å²) >= 11 is 0. The summed E-state index contributed by atoms with van der Waals surface area (Å²) in [7, 11) is 0. The van der Waals surface area contributed by atoms with E-state index in [4.69, 9.17) is 16.2 Å². The van der Waals surface area contributed by atoms with E-state index in [0.29, 0.717) is 25.0 Å². The predicted molar refractivity (Wildman–Crippen MR) is 65.7 cm³/mol. The van der Waals surface area contributed by atoms with Gasteiger partial charge in [0, 0.05) is 5.54 Å². The van der Waals surface area contributed by atoms with Crippen LogP contribution >= 0.6 is 0 Å². The Balaban J connectivity index is 3.95. The Kier molecular flexibility index (Phi) is 6.41. The van der Waals surface area contributed by atoms with Gasteiger partial charge in [-0.2, -0.15) is 0 Å². The standard InChI is InChI=1S/C12H28N2O/c1-6-12(5,14)10(3)8-15-11(4)9(2)7-13/h9-11H,6-8,13-14H2,1-5H3/t9?,10?,11-,12?/m0/s1. The summed E-state index contributed by atoms with van der Waals surface area (Å²) in [6, 6.07) is 0. The van der Waals surface area contributed by atoms with Gasteiger partial charge in [-0.1, -0.05) is 20.8 Å². The summed E-state index contributed by atoms with van der Waals surface area (Å²) in [5.74, 6) is 0.776. The largest absolute Gasteiger partial charge is 0.378 e. The van der Waals surface area contributed by atoms with E-state index in [1.54, 1.807) is 0 Å². The van der Waals surface area contributed by atoms with Gasteiger partial charge in [0.05, 0.1) is 12.7 Å². The average Bonchev–Trinajstić information content (AvgIpc) is 2.23. The topological polar surface area (TPSA) is 61.3 Å². The first-order chi connectivity index (χ1) is 6.85. The summed E-state index contributed by atoms with van der Waals surface area (Å²) in [6.07, 6.45) is 1.18. The lowest BCUT2D eigenvalue weighted by molar-refractivity contribution is 0.000490. The molecule has 4 atom stereocenters. The molecule has 92 valence electrons. The Morgan fingerprint density at radius 1 is 1.27 bits per heavy atom. The molecule has 0 saturated heterocycles. The van der Waals surface area contributed by atoms with E-state index in [9.17, 15) is 0 Å². The first kappa shape index (κ1) is 14.9. The minimum Gasteiger partial charge on any atom is -0.378 e. The van der Waals surface area contributed by atoms with E-state index in [2.05, 4.69) is 34.6 Å². The minimum atomic E-state index is -0.133. The minimum absolute atomic E-state index is 0.133. The van der Waals surface area contributed by atoms with E-state index in [-0.39, 0.29) is 11.6 Å². The van der Waals surface area contributed by atoms with Crippen molar-refractivity contribution in [2.45, 2.75) is 52.7 Å². The predicted octanol–water partition coefficient (Wildman–Crippen LogP) is 1.75. The van der Waals surface area contributed by atoms with Crippen LogP contribution in [0.2, 0.25) is 0 Å². The number of nitrogens with two attached hydrogens (primary N) is 2. The lowest BCUT2D eigenvalue weighted by atomic mass is 9.86. The molecule has 0 spiro atoms. The molecule has 0 aliphatic carbocycles. The van der Waals surface area contributed by atoms with Crippen molar-refractivity contribution in [3.63, 3.8) is 0 Å². The molecule has 0 aromatic rings. The smallest absolute Gasteiger partial charge is 0.0584 e. The molecule has 3 unspecified atom stereocenters. The summed E-state index contributed by atoms with van der Waals surface area (Å²) in [6.45, 7) is 11.9. The molecule has 0 rings (SSSR count). The van der Waals surface area contributed by atoms with Gasteiger partial charge >= 0.3 is 0 Å². The fourth-order valence-corrected chi connectivity index (χ4v) is 1.19. The summed E-state index contributed by atoms with van der Waals surface area (Å²) < 4.78 is 5.78. The van der Waals surface area contributed by atoms with Crippen molar-refractivity contribution >= 4 is 0 Å². The van der Waals surface area contributed by atoms with Gasteiger partial charge in [-0.3, -0.25) is 0 Å². The van der Waals surface area contributed by atoms with Crippen molar-refractivity contribution < 1.29 is 4.74 Å². The zero-order valence-electron chi connectivity index (χ0n) is 10.9. The molecule has 0 radical (unpaired) electrons. The zero-order chi connectivity index (χ0) is 12.1. The van der Waals surface area contributed by atoms with Gasteiger partial charge in [0.1, 0.15) is 0 Å². The number of ether oxygens (including phenoxy) is 1. The van der Waals surface area contributed by atoms with Crippen molar-refractivity contribution in [1.82, 2.24) is 0 Å². The highest BCUT2D eigenvalue weighted by Crippen LogP contribution is 2.19. The van der Waals surface area contributed by atoms with E-state index in [1.807, 2.05) is 0 Å². The summed E-state index contributed by atoms with van der Waals surface area (Å²) in [4.78, 5) is 0. The summed E-state index contributed by atoms with van der Waals surface area (Å²) in [5.41, 5.74) is 11.6. The van der Waals surface area contributed by atoms with Gasteiger partial charge in [0.25, 0.3) is 0 Å². The van der Waals surface area contributed by atoms with Crippen molar-refractivity contribution in [2.24, 2.45) is 23.3 Å². The van der Waals surface area contributed by atoms with E-state index in [1.165, 1.54) is 0 Å². The van der Waals surface area contributed by atoms with Gasteiger partial charge in [-0.25, -0.2) is 0 Å². The van der Waals surface area contributed by atoms with Crippen LogP contribution in [0.1, 0.15) is 41.0 Å². The molecule has 0 heterocycles. The van der Waals surface area contributed by atoms with Crippen molar-refractivity contribution in [2.75, 3.05) is 13.2 Å². The highest BCUT2D eigenvalue weighted by molar-refractivity contribution is 4.82. The SMILES string of the molecule is CCC(C)(N)C(C)CO[C@@H](C)C(C)CN. The molecular weight excluding hydrogens is 188 g/mol. The number of hydrogen-bond donors (Lipinski definition) is 2. The first-order valence-corrected chi connectivity index (χ1v) is 5.95. The van der Waals surface area contributed by atoms with Gasteiger partial charge in [0.2, 0.25) is 0 Å². The van der Waals surface area contributed by atoms with Crippen molar-refractivity contribution in [1.29, 1.82) is 0 Å². The molecule has 0 amide bonds.